The van der Waals surface area contributed by atoms with Crippen LogP contribution in [0.15, 0.2) is 30.5 Å². The SMILES string of the molecule is CC(C)(C)c1ccc(C(=O)COC(=O)c2ncc(Cl)c(Cl)c2Cl)cc1. The lowest BCUT2D eigenvalue weighted by molar-refractivity contribution is 0.0469. The molecule has 132 valence electrons. The van der Waals surface area contributed by atoms with Crippen LogP contribution in [0.25, 0.3) is 0 Å². The van der Waals surface area contributed by atoms with Gasteiger partial charge in [-0.3, -0.25) is 4.79 Å². The second-order valence-electron chi connectivity index (χ2n) is 6.41. The number of hydrogen-bond acceptors (Lipinski definition) is 4. The van der Waals surface area contributed by atoms with E-state index in [0.29, 0.717) is 5.56 Å². The van der Waals surface area contributed by atoms with Crippen LogP contribution in [0.1, 0.15) is 47.2 Å². The third kappa shape index (κ3) is 4.72. The second kappa shape index (κ2) is 7.73. The first-order chi connectivity index (χ1) is 11.6. The molecule has 1 aromatic heterocycles. The number of nitrogens with zero attached hydrogens (tertiary/aromatic N) is 1. The molecule has 2 aromatic rings. The molecule has 0 aliphatic carbocycles. The molecule has 0 N–H and O–H groups in total. The summed E-state index contributed by atoms with van der Waals surface area (Å²) >= 11 is 17.5. The van der Waals surface area contributed by atoms with E-state index >= 15 is 0 Å². The van der Waals surface area contributed by atoms with Crippen molar-refractivity contribution in [2.24, 2.45) is 0 Å². The van der Waals surface area contributed by atoms with Crippen molar-refractivity contribution in [3.8, 4) is 0 Å². The van der Waals surface area contributed by atoms with E-state index in [1.165, 1.54) is 6.20 Å². The molecule has 0 amide bonds. The maximum Gasteiger partial charge on any atom is 0.358 e. The topological polar surface area (TPSA) is 56.3 Å². The Bertz CT molecular complexity index is 812. The molecule has 0 bridgehead atoms. The Labute approximate surface area is 161 Å². The van der Waals surface area contributed by atoms with Gasteiger partial charge in [0.15, 0.2) is 18.1 Å². The lowest BCUT2D eigenvalue weighted by Crippen LogP contribution is -2.16. The van der Waals surface area contributed by atoms with Crippen LogP contribution < -0.4 is 0 Å². The molecule has 0 radical (unpaired) electrons. The first-order valence-electron chi connectivity index (χ1n) is 7.41. The van der Waals surface area contributed by atoms with Crippen molar-refractivity contribution < 1.29 is 14.3 Å². The fraction of sp³-hybridized carbons (Fsp3) is 0.278. The number of carbonyl (C=O) groups excluding carboxylic acids is 2. The molecular weight excluding hydrogens is 385 g/mol. The Morgan fingerprint density at radius 1 is 1.04 bits per heavy atom. The summed E-state index contributed by atoms with van der Waals surface area (Å²) in [4.78, 5) is 28.0. The highest BCUT2D eigenvalue weighted by molar-refractivity contribution is 6.48. The summed E-state index contributed by atoms with van der Waals surface area (Å²) in [5.41, 5.74) is 1.36. The monoisotopic (exact) mass is 399 g/mol. The van der Waals surface area contributed by atoms with Crippen LogP contribution >= 0.6 is 34.8 Å². The van der Waals surface area contributed by atoms with E-state index in [0.717, 1.165) is 5.56 Å². The van der Waals surface area contributed by atoms with Crippen LogP contribution in [0.5, 0.6) is 0 Å². The maximum absolute atomic E-state index is 12.2. The van der Waals surface area contributed by atoms with Gasteiger partial charge in [0.2, 0.25) is 0 Å². The number of ether oxygens (including phenoxy) is 1. The predicted octanol–water partition coefficient (Wildman–Crippen LogP) is 5.38. The molecule has 0 unspecified atom stereocenters. The van der Waals surface area contributed by atoms with Gasteiger partial charge >= 0.3 is 5.97 Å². The van der Waals surface area contributed by atoms with Crippen LogP contribution in [0.4, 0.5) is 0 Å². The molecule has 1 heterocycles. The summed E-state index contributed by atoms with van der Waals surface area (Å²) in [5.74, 6) is -1.17. The molecule has 0 atom stereocenters. The van der Waals surface area contributed by atoms with E-state index < -0.39 is 12.6 Å². The summed E-state index contributed by atoms with van der Waals surface area (Å²) < 4.78 is 4.98. The molecule has 7 heteroatoms. The number of rotatable bonds is 4. The van der Waals surface area contributed by atoms with Crippen molar-refractivity contribution in [2.45, 2.75) is 26.2 Å². The Hall–Kier alpha value is -1.62. The molecule has 4 nitrogen and oxygen atoms in total. The molecule has 0 spiro atoms. The first-order valence-corrected chi connectivity index (χ1v) is 8.55. The molecule has 1 aromatic carbocycles. The molecule has 25 heavy (non-hydrogen) atoms. The highest BCUT2D eigenvalue weighted by Gasteiger charge is 2.20. The third-order valence-corrected chi connectivity index (χ3v) is 4.76. The number of hydrogen-bond donors (Lipinski definition) is 0. The maximum atomic E-state index is 12.2. The highest BCUT2D eigenvalue weighted by Crippen LogP contribution is 2.31. The molecule has 0 aliphatic rings. The minimum Gasteiger partial charge on any atom is -0.453 e. The van der Waals surface area contributed by atoms with E-state index in [-0.39, 0.29) is 32.0 Å². The van der Waals surface area contributed by atoms with Crippen LogP contribution in [-0.2, 0) is 10.2 Å². The summed E-state index contributed by atoms with van der Waals surface area (Å²) in [6.45, 7) is 5.82. The van der Waals surface area contributed by atoms with Gasteiger partial charge in [-0.25, -0.2) is 9.78 Å². The van der Waals surface area contributed by atoms with Crippen molar-refractivity contribution in [3.05, 3.63) is 62.4 Å². The average molecular weight is 401 g/mol. The minimum atomic E-state index is -0.844. The standard InChI is InChI=1S/C18H16Cl3NO3/c1-18(2,3)11-6-4-10(5-7-11)13(23)9-25-17(24)16-15(21)14(20)12(19)8-22-16/h4-8H,9H2,1-3H3. The zero-order chi connectivity index (χ0) is 18.8. The predicted molar refractivity (Wildman–Crippen MR) is 99.0 cm³/mol. The fourth-order valence-electron chi connectivity index (χ4n) is 2.02. The van der Waals surface area contributed by atoms with E-state index in [2.05, 4.69) is 25.8 Å². The number of pyridine rings is 1. The Morgan fingerprint density at radius 3 is 2.20 bits per heavy atom. The quantitative estimate of drug-likeness (QED) is 0.511. The zero-order valence-corrected chi connectivity index (χ0v) is 16.2. The Balaban J connectivity index is 2.05. The van der Waals surface area contributed by atoms with Gasteiger partial charge in [-0.05, 0) is 11.0 Å². The van der Waals surface area contributed by atoms with Crippen LogP contribution in [-0.4, -0.2) is 23.3 Å². The van der Waals surface area contributed by atoms with Gasteiger partial charge in [0, 0.05) is 11.8 Å². The van der Waals surface area contributed by atoms with Gasteiger partial charge in [0.05, 0.1) is 15.1 Å². The first kappa shape index (κ1) is 19.7. The van der Waals surface area contributed by atoms with Gasteiger partial charge in [0.1, 0.15) is 0 Å². The Kier molecular flexibility index (Phi) is 6.09. The Morgan fingerprint density at radius 2 is 1.64 bits per heavy atom. The molecule has 2 rings (SSSR count). The lowest BCUT2D eigenvalue weighted by atomic mass is 9.86. The second-order valence-corrected chi connectivity index (χ2v) is 7.57. The van der Waals surface area contributed by atoms with E-state index in [1.54, 1.807) is 12.1 Å². The average Bonchev–Trinajstić information content (AvgIpc) is 2.56. The summed E-state index contributed by atoms with van der Waals surface area (Å²) in [5, 5.41) is 0.0220. The van der Waals surface area contributed by atoms with Crippen LogP contribution in [0.2, 0.25) is 15.1 Å². The van der Waals surface area contributed by atoms with Gasteiger partial charge < -0.3 is 4.74 Å². The molecule has 0 saturated carbocycles. The molecule has 0 aliphatic heterocycles. The number of ketones is 1. The van der Waals surface area contributed by atoms with Crippen LogP contribution in [0.3, 0.4) is 0 Å². The molecular formula is C18H16Cl3NO3. The van der Waals surface area contributed by atoms with Gasteiger partial charge in [0.25, 0.3) is 0 Å². The smallest absolute Gasteiger partial charge is 0.358 e. The van der Waals surface area contributed by atoms with Crippen LogP contribution in [0, 0.1) is 0 Å². The zero-order valence-electron chi connectivity index (χ0n) is 13.9. The van der Waals surface area contributed by atoms with Crippen molar-refractivity contribution in [1.82, 2.24) is 4.98 Å². The summed E-state index contributed by atoms with van der Waals surface area (Å²) in [7, 11) is 0. The number of Topliss-reactive ketones (excluding diaryl/α,β-unsaturated/α-hetero) is 1. The van der Waals surface area contributed by atoms with E-state index in [4.69, 9.17) is 39.5 Å². The lowest BCUT2D eigenvalue weighted by Gasteiger charge is -2.18. The van der Waals surface area contributed by atoms with E-state index in [1.807, 2.05) is 12.1 Å². The summed E-state index contributed by atoms with van der Waals surface area (Å²) in [6, 6.07) is 7.18. The van der Waals surface area contributed by atoms with Gasteiger partial charge in [-0.2, -0.15) is 0 Å². The minimum absolute atomic E-state index is 0.00868. The van der Waals surface area contributed by atoms with Gasteiger partial charge in [-0.1, -0.05) is 79.8 Å². The number of esters is 1. The van der Waals surface area contributed by atoms with Crippen molar-refractivity contribution in [1.29, 1.82) is 0 Å². The number of aromatic nitrogens is 1. The fourth-order valence-corrected chi connectivity index (χ4v) is 2.58. The number of halogens is 3. The highest BCUT2D eigenvalue weighted by atomic mass is 35.5. The van der Waals surface area contributed by atoms with Gasteiger partial charge in [-0.15, -0.1) is 0 Å². The molecule has 0 fully saturated rings. The normalized spacial score (nSPS) is 11.3. The number of benzene rings is 1. The largest absolute Gasteiger partial charge is 0.453 e. The van der Waals surface area contributed by atoms with Crippen molar-refractivity contribution in [2.75, 3.05) is 6.61 Å². The molecule has 0 saturated heterocycles. The summed E-state index contributed by atoms with van der Waals surface area (Å²) in [6.07, 6.45) is 1.19. The van der Waals surface area contributed by atoms with Crippen molar-refractivity contribution in [3.63, 3.8) is 0 Å². The van der Waals surface area contributed by atoms with E-state index in [9.17, 15) is 9.59 Å². The van der Waals surface area contributed by atoms with Crippen molar-refractivity contribution >= 4 is 46.6 Å². The third-order valence-electron chi connectivity index (χ3n) is 3.52. The number of carbonyl (C=O) groups is 2.